The summed E-state index contributed by atoms with van der Waals surface area (Å²) in [5.41, 5.74) is 0.826. The second-order valence-corrected chi connectivity index (χ2v) is 4.75. The number of ether oxygens (including phenoxy) is 1. The fourth-order valence-electron chi connectivity index (χ4n) is 2.47. The molecule has 1 unspecified atom stereocenters. The van der Waals surface area contributed by atoms with E-state index in [1.54, 1.807) is 12.3 Å². The Morgan fingerprint density at radius 2 is 2.50 bits per heavy atom. The van der Waals surface area contributed by atoms with Crippen molar-refractivity contribution in [2.45, 2.75) is 25.9 Å². The van der Waals surface area contributed by atoms with Crippen molar-refractivity contribution in [3.63, 3.8) is 0 Å². The summed E-state index contributed by atoms with van der Waals surface area (Å²) in [6.45, 7) is 4.44. The third kappa shape index (κ3) is 3.81. The van der Waals surface area contributed by atoms with Crippen molar-refractivity contribution in [1.82, 2.24) is 4.98 Å². The van der Waals surface area contributed by atoms with E-state index in [2.05, 4.69) is 9.88 Å². The minimum absolute atomic E-state index is 0.229. The third-order valence-electron chi connectivity index (χ3n) is 3.30. The zero-order valence-electron chi connectivity index (χ0n) is 11.7. The van der Waals surface area contributed by atoms with Crippen LogP contribution >= 0.6 is 0 Å². The number of hydrogen-bond acceptors (Lipinski definition) is 4. The number of aliphatic carboxylic acids is 1. The van der Waals surface area contributed by atoms with Crippen molar-refractivity contribution in [2.75, 3.05) is 24.6 Å². The normalized spacial score (nSPS) is 19.4. The van der Waals surface area contributed by atoms with E-state index in [9.17, 15) is 4.79 Å². The second-order valence-electron chi connectivity index (χ2n) is 4.75. The lowest BCUT2D eigenvalue weighted by atomic mass is 10.1. The molecule has 0 aliphatic carbocycles. The van der Waals surface area contributed by atoms with Crippen LogP contribution in [0.1, 0.15) is 25.3 Å². The Bertz CT molecular complexity index is 486. The van der Waals surface area contributed by atoms with Crippen LogP contribution in [0, 0.1) is 0 Å². The van der Waals surface area contributed by atoms with Gasteiger partial charge in [0.1, 0.15) is 5.82 Å². The largest absolute Gasteiger partial charge is 0.478 e. The molecule has 5 heteroatoms. The second kappa shape index (κ2) is 7.05. The molecule has 0 saturated carbocycles. The van der Waals surface area contributed by atoms with Crippen molar-refractivity contribution >= 4 is 17.9 Å². The van der Waals surface area contributed by atoms with E-state index in [1.807, 2.05) is 19.1 Å². The van der Waals surface area contributed by atoms with Crippen LogP contribution in [-0.2, 0) is 9.53 Å². The van der Waals surface area contributed by atoms with Gasteiger partial charge in [-0.05, 0) is 38.0 Å². The monoisotopic (exact) mass is 276 g/mol. The molecule has 1 aliphatic rings. The average Bonchev–Trinajstić information content (AvgIpc) is 2.46. The number of carboxylic acid groups (broad SMARTS) is 1. The van der Waals surface area contributed by atoms with Crippen LogP contribution in [0.2, 0.25) is 0 Å². The van der Waals surface area contributed by atoms with Crippen molar-refractivity contribution in [3.05, 3.63) is 30.0 Å². The van der Waals surface area contributed by atoms with Crippen LogP contribution < -0.4 is 4.90 Å². The summed E-state index contributed by atoms with van der Waals surface area (Å²) in [7, 11) is 0. The van der Waals surface area contributed by atoms with Crippen molar-refractivity contribution in [1.29, 1.82) is 0 Å². The first-order valence-corrected chi connectivity index (χ1v) is 6.93. The van der Waals surface area contributed by atoms with Crippen LogP contribution in [0.25, 0.3) is 6.08 Å². The molecule has 1 aromatic heterocycles. The van der Waals surface area contributed by atoms with Gasteiger partial charge in [0.2, 0.25) is 0 Å². The summed E-state index contributed by atoms with van der Waals surface area (Å²) >= 11 is 0. The summed E-state index contributed by atoms with van der Waals surface area (Å²) < 4.78 is 5.69. The number of piperidine rings is 1. The lowest BCUT2D eigenvalue weighted by Crippen LogP contribution is -2.40. The molecule has 1 saturated heterocycles. The number of aromatic nitrogens is 1. The highest BCUT2D eigenvalue weighted by Crippen LogP contribution is 2.23. The summed E-state index contributed by atoms with van der Waals surface area (Å²) in [4.78, 5) is 17.2. The number of rotatable bonds is 5. The van der Waals surface area contributed by atoms with E-state index in [-0.39, 0.29) is 6.10 Å². The van der Waals surface area contributed by atoms with Gasteiger partial charge in [0.05, 0.1) is 6.10 Å². The van der Waals surface area contributed by atoms with Gasteiger partial charge >= 0.3 is 5.97 Å². The number of carbonyl (C=O) groups is 1. The molecule has 0 spiro atoms. The van der Waals surface area contributed by atoms with E-state index < -0.39 is 5.97 Å². The maximum Gasteiger partial charge on any atom is 0.328 e. The minimum atomic E-state index is -0.953. The average molecular weight is 276 g/mol. The van der Waals surface area contributed by atoms with Gasteiger partial charge in [0.25, 0.3) is 0 Å². The quantitative estimate of drug-likeness (QED) is 0.835. The van der Waals surface area contributed by atoms with E-state index in [1.165, 1.54) is 0 Å². The molecule has 1 aliphatic heterocycles. The Kier molecular flexibility index (Phi) is 5.12. The molecular weight excluding hydrogens is 256 g/mol. The Morgan fingerprint density at radius 3 is 3.25 bits per heavy atom. The van der Waals surface area contributed by atoms with Gasteiger partial charge in [-0.1, -0.05) is 0 Å². The molecule has 0 bridgehead atoms. The van der Waals surface area contributed by atoms with Gasteiger partial charge in [-0.25, -0.2) is 9.78 Å². The number of pyridine rings is 1. The molecule has 0 aromatic carbocycles. The Labute approximate surface area is 118 Å². The molecule has 1 atom stereocenters. The summed E-state index contributed by atoms with van der Waals surface area (Å²) in [6, 6.07) is 3.70. The van der Waals surface area contributed by atoms with Crippen LogP contribution in [0.4, 0.5) is 5.82 Å². The van der Waals surface area contributed by atoms with Crippen molar-refractivity contribution in [3.8, 4) is 0 Å². The first kappa shape index (κ1) is 14.5. The van der Waals surface area contributed by atoms with Crippen molar-refractivity contribution in [2.24, 2.45) is 0 Å². The van der Waals surface area contributed by atoms with Crippen LogP contribution in [0.15, 0.2) is 24.4 Å². The van der Waals surface area contributed by atoms with Gasteiger partial charge in [-0.15, -0.1) is 0 Å². The standard InChI is InChI=1S/C15H20N2O3/c1-2-20-13-6-4-10-17(11-13)15-12(5-3-9-16-15)7-8-14(18)19/h3,5,7-9,13H,2,4,6,10-11H2,1H3,(H,18,19)/b8-7+. The predicted molar refractivity (Wildman–Crippen MR) is 77.8 cm³/mol. The Balaban J connectivity index is 2.17. The number of carboxylic acids is 1. The summed E-state index contributed by atoms with van der Waals surface area (Å²) in [5.74, 6) is -0.125. The zero-order chi connectivity index (χ0) is 14.4. The number of nitrogens with zero attached hydrogens (tertiary/aromatic N) is 2. The molecule has 5 nitrogen and oxygen atoms in total. The molecule has 1 fully saturated rings. The maximum absolute atomic E-state index is 10.7. The van der Waals surface area contributed by atoms with Gasteiger partial charge < -0.3 is 14.7 Å². The smallest absolute Gasteiger partial charge is 0.328 e. The summed E-state index contributed by atoms with van der Waals surface area (Å²) in [5, 5.41) is 8.75. The zero-order valence-corrected chi connectivity index (χ0v) is 11.7. The molecule has 108 valence electrons. The molecule has 0 radical (unpaired) electrons. The van der Waals surface area contributed by atoms with E-state index >= 15 is 0 Å². The molecule has 2 rings (SSSR count). The minimum Gasteiger partial charge on any atom is -0.478 e. The van der Waals surface area contributed by atoms with Crippen LogP contribution in [-0.4, -0.2) is 41.9 Å². The number of anilines is 1. The Morgan fingerprint density at radius 1 is 1.65 bits per heavy atom. The summed E-state index contributed by atoms with van der Waals surface area (Å²) in [6.07, 6.45) is 6.82. The highest BCUT2D eigenvalue weighted by molar-refractivity contribution is 5.86. The predicted octanol–water partition coefficient (Wildman–Crippen LogP) is 2.18. The van der Waals surface area contributed by atoms with E-state index in [0.29, 0.717) is 6.61 Å². The van der Waals surface area contributed by atoms with Crippen molar-refractivity contribution < 1.29 is 14.6 Å². The topological polar surface area (TPSA) is 62.7 Å². The lowest BCUT2D eigenvalue weighted by Gasteiger charge is -2.34. The van der Waals surface area contributed by atoms with E-state index in [0.717, 1.165) is 43.4 Å². The van der Waals surface area contributed by atoms with Crippen LogP contribution in [0.3, 0.4) is 0 Å². The molecular formula is C15H20N2O3. The number of hydrogen-bond donors (Lipinski definition) is 1. The molecule has 2 heterocycles. The maximum atomic E-state index is 10.7. The SMILES string of the molecule is CCOC1CCCN(c2ncccc2/C=C/C(=O)O)C1. The molecule has 20 heavy (non-hydrogen) atoms. The fourth-order valence-corrected chi connectivity index (χ4v) is 2.47. The van der Waals surface area contributed by atoms with Gasteiger partial charge in [0, 0.05) is 37.5 Å². The van der Waals surface area contributed by atoms with Gasteiger partial charge in [-0.2, -0.15) is 0 Å². The highest BCUT2D eigenvalue weighted by atomic mass is 16.5. The van der Waals surface area contributed by atoms with Crippen LogP contribution in [0.5, 0.6) is 0 Å². The Hall–Kier alpha value is -1.88. The lowest BCUT2D eigenvalue weighted by molar-refractivity contribution is -0.131. The van der Waals surface area contributed by atoms with Gasteiger partial charge in [0.15, 0.2) is 0 Å². The molecule has 1 aromatic rings. The first-order valence-electron chi connectivity index (χ1n) is 6.93. The highest BCUT2D eigenvalue weighted by Gasteiger charge is 2.22. The molecule has 1 N–H and O–H groups in total. The van der Waals surface area contributed by atoms with E-state index in [4.69, 9.17) is 9.84 Å². The first-order chi connectivity index (χ1) is 9.70. The van der Waals surface area contributed by atoms with Gasteiger partial charge in [-0.3, -0.25) is 0 Å². The molecule has 0 amide bonds. The third-order valence-corrected chi connectivity index (χ3v) is 3.30. The fraction of sp³-hybridized carbons (Fsp3) is 0.467.